The summed E-state index contributed by atoms with van der Waals surface area (Å²) in [5, 5.41) is 4.23. The van der Waals surface area contributed by atoms with E-state index in [0.29, 0.717) is 0 Å². The molecule has 0 spiro atoms. The van der Waals surface area contributed by atoms with Crippen molar-refractivity contribution in [1.82, 2.24) is 15.0 Å². The smallest absolute Gasteiger partial charge is 0.128 e. The number of nitrogens with zero attached hydrogens (tertiary/aromatic N) is 4. The standard InChI is InChI=1S/C17H19N5S/c1-2-18-15-9-14-13(11-19-15)21-17(23-14)12-5-6-16(20-10-12)22-7-3-4-8-22/h5-6,9-11H,2-4,7-8H2,1H3,(H,18,19). The number of fused-ring (bicyclic) bond motifs is 1. The molecule has 5 nitrogen and oxygen atoms in total. The molecule has 6 heteroatoms. The summed E-state index contributed by atoms with van der Waals surface area (Å²) < 4.78 is 1.15. The van der Waals surface area contributed by atoms with E-state index in [0.717, 1.165) is 52.1 Å². The topological polar surface area (TPSA) is 53.9 Å². The average Bonchev–Trinajstić information content (AvgIpc) is 3.24. The summed E-state index contributed by atoms with van der Waals surface area (Å²) in [6, 6.07) is 6.29. The van der Waals surface area contributed by atoms with Crippen LogP contribution in [0, 0.1) is 0 Å². The van der Waals surface area contributed by atoms with Crippen LogP contribution in [0.4, 0.5) is 11.6 Å². The van der Waals surface area contributed by atoms with Crippen molar-refractivity contribution in [1.29, 1.82) is 0 Å². The van der Waals surface area contributed by atoms with Crippen molar-refractivity contribution in [2.45, 2.75) is 19.8 Å². The van der Waals surface area contributed by atoms with Crippen LogP contribution in [0.2, 0.25) is 0 Å². The first-order chi connectivity index (χ1) is 11.3. The van der Waals surface area contributed by atoms with Crippen molar-refractivity contribution in [3.8, 4) is 10.6 Å². The molecule has 1 aliphatic rings. The van der Waals surface area contributed by atoms with Crippen LogP contribution in [0.25, 0.3) is 20.8 Å². The Morgan fingerprint density at radius 3 is 2.78 bits per heavy atom. The second-order valence-electron chi connectivity index (χ2n) is 5.69. The maximum absolute atomic E-state index is 4.69. The highest BCUT2D eigenvalue weighted by Crippen LogP contribution is 2.31. The summed E-state index contributed by atoms with van der Waals surface area (Å²) in [4.78, 5) is 16.0. The van der Waals surface area contributed by atoms with E-state index >= 15 is 0 Å². The van der Waals surface area contributed by atoms with Crippen molar-refractivity contribution < 1.29 is 0 Å². The van der Waals surface area contributed by atoms with Gasteiger partial charge in [0.1, 0.15) is 22.2 Å². The van der Waals surface area contributed by atoms with E-state index in [-0.39, 0.29) is 0 Å². The molecular weight excluding hydrogens is 306 g/mol. The molecule has 0 saturated carbocycles. The molecule has 4 heterocycles. The van der Waals surface area contributed by atoms with Gasteiger partial charge in [-0.05, 0) is 38.0 Å². The third kappa shape index (κ3) is 2.86. The van der Waals surface area contributed by atoms with Gasteiger partial charge in [0.2, 0.25) is 0 Å². The van der Waals surface area contributed by atoms with Crippen LogP contribution >= 0.6 is 11.3 Å². The Balaban J connectivity index is 1.62. The number of hydrogen-bond acceptors (Lipinski definition) is 6. The predicted molar refractivity (Wildman–Crippen MR) is 96.3 cm³/mol. The van der Waals surface area contributed by atoms with Gasteiger partial charge >= 0.3 is 0 Å². The van der Waals surface area contributed by atoms with Gasteiger partial charge in [-0.25, -0.2) is 15.0 Å². The zero-order chi connectivity index (χ0) is 15.6. The fraction of sp³-hybridized carbons (Fsp3) is 0.353. The Hall–Kier alpha value is -2.21. The second kappa shape index (κ2) is 6.12. The lowest BCUT2D eigenvalue weighted by molar-refractivity contribution is 0.938. The highest BCUT2D eigenvalue weighted by molar-refractivity contribution is 7.21. The van der Waals surface area contributed by atoms with E-state index in [1.165, 1.54) is 12.8 Å². The molecule has 3 aromatic rings. The Bertz CT molecular complexity index is 805. The molecule has 0 bridgehead atoms. The number of hydrogen-bond donors (Lipinski definition) is 1. The molecule has 118 valence electrons. The number of nitrogens with one attached hydrogen (secondary N) is 1. The van der Waals surface area contributed by atoms with E-state index in [4.69, 9.17) is 0 Å². The normalized spacial score (nSPS) is 14.6. The molecule has 0 aliphatic carbocycles. The van der Waals surface area contributed by atoms with Gasteiger partial charge in [-0.3, -0.25) is 0 Å². The summed E-state index contributed by atoms with van der Waals surface area (Å²) in [6.45, 7) is 5.17. The molecule has 0 unspecified atom stereocenters. The Kier molecular flexibility index (Phi) is 3.83. The highest BCUT2D eigenvalue weighted by Gasteiger charge is 2.14. The fourth-order valence-corrected chi connectivity index (χ4v) is 3.84. The number of thiazole rings is 1. The van der Waals surface area contributed by atoms with E-state index in [9.17, 15) is 0 Å². The second-order valence-corrected chi connectivity index (χ2v) is 6.72. The Labute approximate surface area is 139 Å². The largest absolute Gasteiger partial charge is 0.370 e. The number of aromatic nitrogens is 3. The minimum Gasteiger partial charge on any atom is -0.370 e. The zero-order valence-corrected chi connectivity index (χ0v) is 13.9. The van der Waals surface area contributed by atoms with Crippen molar-refractivity contribution in [2.24, 2.45) is 0 Å². The number of pyridine rings is 2. The molecule has 23 heavy (non-hydrogen) atoms. The average molecular weight is 325 g/mol. The van der Waals surface area contributed by atoms with Crippen LogP contribution < -0.4 is 10.2 Å². The van der Waals surface area contributed by atoms with E-state index in [1.807, 2.05) is 12.4 Å². The molecule has 0 radical (unpaired) electrons. The third-order valence-corrected chi connectivity index (χ3v) is 5.12. The maximum Gasteiger partial charge on any atom is 0.128 e. The van der Waals surface area contributed by atoms with Gasteiger partial charge in [-0.1, -0.05) is 0 Å². The fourth-order valence-electron chi connectivity index (χ4n) is 2.88. The van der Waals surface area contributed by atoms with Crippen LogP contribution in [0.1, 0.15) is 19.8 Å². The van der Waals surface area contributed by atoms with Crippen molar-refractivity contribution in [2.75, 3.05) is 29.9 Å². The molecule has 0 atom stereocenters. The molecule has 1 saturated heterocycles. The Morgan fingerprint density at radius 2 is 2.04 bits per heavy atom. The first-order valence-corrected chi connectivity index (χ1v) is 8.87. The van der Waals surface area contributed by atoms with E-state index in [2.05, 4.69) is 50.3 Å². The summed E-state index contributed by atoms with van der Waals surface area (Å²) in [5.41, 5.74) is 2.01. The number of rotatable bonds is 4. The van der Waals surface area contributed by atoms with Crippen LogP contribution in [0.3, 0.4) is 0 Å². The lowest BCUT2D eigenvalue weighted by Gasteiger charge is -2.15. The van der Waals surface area contributed by atoms with Gasteiger partial charge in [-0.15, -0.1) is 11.3 Å². The first-order valence-electron chi connectivity index (χ1n) is 8.05. The molecule has 4 rings (SSSR count). The molecule has 3 aromatic heterocycles. The summed E-state index contributed by atoms with van der Waals surface area (Å²) >= 11 is 1.68. The van der Waals surface area contributed by atoms with E-state index < -0.39 is 0 Å². The molecule has 0 amide bonds. The lowest BCUT2D eigenvalue weighted by atomic mass is 10.3. The zero-order valence-electron chi connectivity index (χ0n) is 13.1. The van der Waals surface area contributed by atoms with Gasteiger partial charge in [0.15, 0.2) is 0 Å². The van der Waals surface area contributed by atoms with Gasteiger partial charge in [-0.2, -0.15) is 0 Å². The minimum absolute atomic E-state index is 0.867. The van der Waals surface area contributed by atoms with Crippen molar-refractivity contribution in [3.63, 3.8) is 0 Å². The van der Waals surface area contributed by atoms with Crippen LogP contribution in [0.5, 0.6) is 0 Å². The molecule has 1 fully saturated rings. The van der Waals surface area contributed by atoms with Crippen LogP contribution in [0.15, 0.2) is 30.6 Å². The predicted octanol–water partition coefficient (Wildman–Crippen LogP) is 3.79. The van der Waals surface area contributed by atoms with Gasteiger partial charge in [0.05, 0.1) is 10.9 Å². The molecule has 1 aliphatic heterocycles. The Morgan fingerprint density at radius 1 is 1.17 bits per heavy atom. The van der Waals surface area contributed by atoms with Crippen LogP contribution in [-0.4, -0.2) is 34.6 Å². The number of anilines is 2. The first kappa shape index (κ1) is 14.4. The minimum atomic E-state index is 0.867. The van der Waals surface area contributed by atoms with E-state index in [1.54, 1.807) is 11.3 Å². The van der Waals surface area contributed by atoms with Crippen molar-refractivity contribution in [3.05, 3.63) is 30.6 Å². The maximum atomic E-state index is 4.69. The lowest BCUT2D eigenvalue weighted by Crippen LogP contribution is -2.18. The molecule has 0 aromatic carbocycles. The van der Waals surface area contributed by atoms with Gasteiger partial charge in [0, 0.05) is 31.4 Å². The molecule has 1 N–H and O–H groups in total. The summed E-state index contributed by atoms with van der Waals surface area (Å²) in [6.07, 6.45) is 6.30. The summed E-state index contributed by atoms with van der Waals surface area (Å²) in [7, 11) is 0. The molecular formula is C17H19N5S. The van der Waals surface area contributed by atoms with Crippen molar-refractivity contribution >= 4 is 33.2 Å². The monoisotopic (exact) mass is 325 g/mol. The van der Waals surface area contributed by atoms with Crippen LogP contribution in [-0.2, 0) is 0 Å². The van der Waals surface area contributed by atoms with Gasteiger partial charge in [0.25, 0.3) is 0 Å². The quantitative estimate of drug-likeness (QED) is 0.791. The van der Waals surface area contributed by atoms with Gasteiger partial charge < -0.3 is 10.2 Å². The highest BCUT2D eigenvalue weighted by atomic mass is 32.1. The SMILES string of the molecule is CCNc1cc2sc(-c3ccc(N4CCCC4)nc3)nc2cn1. The summed E-state index contributed by atoms with van der Waals surface area (Å²) in [5.74, 6) is 1.97. The third-order valence-electron chi connectivity index (χ3n) is 4.06.